The summed E-state index contributed by atoms with van der Waals surface area (Å²) in [5.41, 5.74) is 0.269. The lowest BCUT2D eigenvalue weighted by molar-refractivity contribution is -0.384. The van der Waals surface area contributed by atoms with Crippen molar-refractivity contribution in [3.05, 3.63) is 67.3 Å². The zero-order valence-electron chi connectivity index (χ0n) is 10.1. The Morgan fingerprint density at radius 1 is 1.20 bits per heavy atom. The number of nitrogens with zero attached hydrogens (tertiary/aromatic N) is 1. The predicted molar refractivity (Wildman–Crippen MR) is 79.5 cm³/mol. The van der Waals surface area contributed by atoms with E-state index in [9.17, 15) is 18.9 Å². The minimum atomic E-state index is -0.563. The molecule has 2 aromatic rings. The lowest BCUT2D eigenvalue weighted by Crippen LogP contribution is -2.05. The Morgan fingerprint density at radius 3 is 2.65 bits per heavy atom. The normalized spacial score (nSPS) is 10.3. The van der Waals surface area contributed by atoms with Crippen LogP contribution in [0.3, 0.4) is 0 Å². The minimum Gasteiger partial charge on any atom is -0.375 e. The number of rotatable bonds is 4. The van der Waals surface area contributed by atoms with Crippen molar-refractivity contribution in [3.63, 3.8) is 0 Å². The molecule has 4 nitrogen and oxygen atoms in total. The molecule has 0 fully saturated rings. The first-order valence-corrected chi connectivity index (χ1v) is 6.67. The highest BCUT2D eigenvalue weighted by molar-refractivity contribution is 14.1. The third kappa shape index (κ3) is 3.41. The number of nitro groups is 1. The molecule has 0 aliphatic heterocycles. The van der Waals surface area contributed by atoms with E-state index in [2.05, 4.69) is 5.32 Å². The van der Waals surface area contributed by atoms with E-state index in [-0.39, 0.29) is 23.5 Å². The fraction of sp³-hybridized carbons (Fsp3) is 0.0769. The number of hydrogen-bond acceptors (Lipinski definition) is 3. The maximum absolute atomic E-state index is 13.5. The number of anilines is 1. The standard InChI is InChI=1S/C13H9F2IN2O2/c14-9-1-3-11(15)8(5-9)7-17-12-4-2-10(16)6-13(12)18(19)20/h1-6,17H,7H2. The van der Waals surface area contributed by atoms with Gasteiger partial charge in [0, 0.05) is 21.7 Å². The van der Waals surface area contributed by atoms with E-state index in [0.717, 1.165) is 21.8 Å². The van der Waals surface area contributed by atoms with Crippen molar-refractivity contribution in [3.8, 4) is 0 Å². The molecule has 1 N–H and O–H groups in total. The molecule has 0 atom stereocenters. The quantitative estimate of drug-likeness (QED) is 0.486. The summed E-state index contributed by atoms with van der Waals surface area (Å²) in [5, 5.41) is 13.7. The summed E-state index contributed by atoms with van der Waals surface area (Å²) in [6.07, 6.45) is 0. The van der Waals surface area contributed by atoms with Crippen LogP contribution < -0.4 is 5.32 Å². The van der Waals surface area contributed by atoms with Crippen LogP contribution in [-0.2, 0) is 6.54 Å². The zero-order chi connectivity index (χ0) is 14.7. The number of nitro benzene ring substituents is 1. The van der Waals surface area contributed by atoms with Gasteiger partial charge in [-0.25, -0.2) is 8.78 Å². The Hall–Kier alpha value is -1.77. The van der Waals surface area contributed by atoms with Crippen LogP contribution in [0, 0.1) is 25.3 Å². The number of nitrogens with one attached hydrogen (secondary N) is 1. The Kier molecular flexibility index (Phi) is 4.48. The van der Waals surface area contributed by atoms with Crippen LogP contribution in [0.5, 0.6) is 0 Å². The topological polar surface area (TPSA) is 55.2 Å². The first-order chi connectivity index (χ1) is 9.47. The van der Waals surface area contributed by atoms with E-state index >= 15 is 0 Å². The Labute approximate surface area is 127 Å². The zero-order valence-corrected chi connectivity index (χ0v) is 12.2. The minimum absolute atomic E-state index is 0.0367. The third-order valence-electron chi connectivity index (χ3n) is 2.63. The summed E-state index contributed by atoms with van der Waals surface area (Å²) in [5.74, 6) is -1.12. The highest BCUT2D eigenvalue weighted by atomic mass is 127. The molecule has 20 heavy (non-hydrogen) atoms. The average Bonchev–Trinajstić information content (AvgIpc) is 2.40. The maximum Gasteiger partial charge on any atom is 0.293 e. The fourth-order valence-electron chi connectivity index (χ4n) is 1.67. The molecule has 0 heterocycles. The number of benzene rings is 2. The van der Waals surface area contributed by atoms with Gasteiger partial charge in [-0.3, -0.25) is 10.1 Å². The number of halogens is 3. The lowest BCUT2D eigenvalue weighted by atomic mass is 10.2. The maximum atomic E-state index is 13.5. The molecule has 7 heteroatoms. The van der Waals surface area contributed by atoms with Gasteiger partial charge in [0.25, 0.3) is 5.69 Å². The molecule has 0 spiro atoms. The SMILES string of the molecule is O=[N+]([O-])c1cc(I)ccc1NCc1cc(F)ccc1F. The summed E-state index contributed by atoms with van der Waals surface area (Å²) in [7, 11) is 0. The Morgan fingerprint density at radius 2 is 1.95 bits per heavy atom. The summed E-state index contributed by atoms with van der Waals surface area (Å²) in [4.78, 5) is 10.4. The summed E-state index contributed by atoms with van der Waals surface area (Å²) in [6, 6.07) is 7.74. The monoisotopic (exact) mass is 390 g/mol. The largest absolute Gasteiger partial charge is 0.375 e. The highest BCUT2D eigenvalue weighted by Crippen LogP contribution is 2.27. The molecule has 0 saturated carbocycles. The van der Waals surface area contributed by atoms with Crippen molar-refractivity contribution in [1.82, 2.24) is 0 Å². The van der Waals surface area contributed by atoms with Crippen LogP contribution in [0.15, 0.2) is 36.4 Å². The molecule has 0 amide bonds. The summed E-state index contributed by atoms with van der Waals surface area (Å²) >= 11 is 1.96. The van der Waals surface area contributed by atoms with Gasteiger partial charge in [0.2, 0.25) is 0 Å². The van der Waals surface area contributed by atoms with E-state index in [0.29, 0.717) is 0 Å². The predicted octanol–water partition coefficient (Wildman–Crippen LogP) is 4.09. The van der Waals surface area contributed by atoms with Gasteiger partial charge in [-0.2, -0.15) is 0 Å². The molecule has 0 radical (unpaired) electrons. The van der Waals surface area contributed by atoms with Crippen molar-refractivity contribution in [2.45, 2.75) is 6.54 Å². The second-order valence-corrected chi connectivity index (χ2v) is 5.25. The molecular weight excluding hydrogens is 381 g/mol. The molecule has 0 saturated heterocycles. The first kappa shape index (κ1) is 14.6. The van der Waals surface area contributed by atoms with E-state index in [4.69, 9.17) is 0 Å². The van der Waals surface area contributed by atoms with Crippen LogP contribution in [0.1, 0.15) is 5.56 Å². The van der Waals surface area contributed by atoms with E-state index in [1.807, 2.05) is 22.6 Å². The molecule has 0 unspecified atom stereocenters. The van der Waals surface area contributed by atoms with Gasteiger partial charge in [0.15, 0.2) is 0 Å². The van der Waals surface area contributed by atoms with Gasteiger partial charge in [-0.15, -0.1) is 0 Å². The van der Waals surface area contributed by atoms with E-state index in [1.165, 1.54) is 12.1 Å². The molecule has 0 aliphatic carbocycles. The lowest BCUT2D eigenvalue weighted by Gasteiger charge is -2.08. The van der Waals surface area contributed by atoms with Crippen LogP contribution >= 0.6 is 22.6 Å². The van der Waals surface area contributed by atoms with E-state index in [1.54, 1.807) is 6.07 Å². The second kappa shape index (κ2) is 6.12. The highest BCUT2D eigenvalue weighted by Gasteiger charge is 2.14. The molecule has 2 aromatic carbocycles. The summed E-state index contributed by atoms with van der Waals surface area (Å²) in [6.45, 7) is -0.0367. The first-order valence-electron chi connectivity index (χ1n) is 5.59. The molecule has 2 rings (SSSR count). The van der Waals surface area contributed by atoms with Gasteiger partial charge in [-0.05, 0) is 52.9 Å². The van der Waals surface area contributed by atoms with Crippen molar-refractivity contribution in [2.24, 2.45) is 0 Å². The third-order valence-corrected chi connectivity index (χ3v) is 3.30. The van der Waals surface area contributed by atoms with Crippen molar-refractivity contribution < 1.29 is 13.7 Å². The molecule has 0 aliphatic rings. The number of hydrogen-bond donors (Lipinski definition) is 1. The Bertz CT molecular complexity index is 665. The van der Waals surface area contributed by atoms with Crippen LogP contribution in [-0.4, -0.2) is 4.92 Å². The van der Waals surface area contributed by atoms with Gasteiger partial charge in [0.05, 0.1) is 4.92 Å². The second-order valence-electron chi connectivity index (χ2n) is 4.01. The molecular formula is C13H9F2IN2O2. The van der Waals surface area contributed by atoms with E-state index < -0.39 is 16.6 Å². The molecule has 0 aromatic heterocycles. The summed E-state index contributed by atoms with van der Waals surface area (Å²) < 4.78 is 27.2. The fourth-order valence-corrected chi connectivity index (χ4v) is 2.15. The van der Waals surface area contributed by atoms with Gasteiger partial charge in [-0.1, -0.05) is 0 Å². The van der Waals surface area contributed by atoms with Crippen LogP contribution in [0.25, 0.3) is 0 Å². The average molecular weight is 390 g/mol. The molecule has 104 valence electrons. The van der Waals surface area contributed by atoms with Crippen LogP contribution in [0.4, 0.5) is 20.2 Å². The van der Waals surface area contributed by atoms with Crippen molar-refractivity contribution in [1.29, 1.82) is 0 Å². The Balaban J connectivity index is 2.23. The van der Waals surface area contributed by atoms with Crippen molar-refractivity contribution >= 4 is 34.0 Å². The van der Waals surface area contributed by atoms with Gasteiger partial charge < -0.3 is 5.32 Å². The van der Waals surface area contributed by atoms with Crippen molar-refractivity contribution in [2.75, 3.05) is 5.32 Å². The molecule has 0 bridgehead atoms. The van der Waals surface area contributed by atoms with Gasteiger partial charge >= 0.3 is 0 Å². The van der Waals surface area contributed by atoms with Gasteiger partial charge in [0.1, 0.15) is 17.3 Å². The van der Waals surface area contributed by atoms with Crippen LogP contribution in [0.2, 0.25) is 0 Å². The smallest absolute Gasteiger partial charge is 0.293 e.